The molecule has 2 heteroatoms. The summed E-state index contributed by atoms with van der Waals surface area (Å²) in [5.74, 6) is 1.13. The van der Waals surface area contributed by atoms with E-state index in [-0.39, 0.29) is 0 Å². The molecule has 0 radical (unpaired) electrons. The predicted octanol–water partition coefficient (Wildman–Crippen LogP) is 0.954. The quantitative estimate of drug-likeness (QED) is 0.517. The van der Waals surface area contributed by atoms with E-state index in [1.54, 1.807) is 0 Å². The lowest BCUT2D eigenvalue weighted by molar-refractivity contribution is 0.927. The number of rotatable bonds is 1. The van der Waals surface area contributed by atoms with Gasteiger partial charge in [-0.15, -0.1) is 0 Å². The number of amidine groups is 1. The van der Waals surface area contributed by atoms with Gasteiger partial charge in [0, 0.05) is 13.0 Å². The normalized spacial score (nSPS) is 17.2. The summed E-state index contributed by atoms with van der Waals surface area (Å²) >= 11 is 0. The lowest BCUT2D eigenvalue weighted by atomic mass is 10.3. The monoisotopic (exact) mass is 124 g/mol. The van der Waals surface area contributed by atoms with Gasteiger partial charge in [0.1, 0.15) is 5.84 Å². The van der Waals surface area contributed by atoms with Gasteiger partial charge in [-0.3, -0.25) is 4.99 Å². The molecule has 1 N–H and O–H groups in total. The molecule has 1 aliphatic rings. The van der Waals surface area contributed by atoms with Gasteiger partial charge in [-0.1, -0.05) is 12.2 Å². The Morgan fingerprint density at radius 3 is 3.11 bits per heavy atom. The van der Waals surface area contributed by atoms with E-state index in [0.29, 0.717) is 0 Å². The Hall–Kier alpha value is -0.790. The van der Waals surface area contributed by atoms with Crippen LogP contribution in [0.1, 0.15) is 13.3 Å². The lowest BCUT2D eigenvalue weighted by Crippen LogP contribution is -2.23. The van der Waals surface area contributed by atoms with Crippen molar-refractivity contribution in [2.75, 3.05) is 13.1 Å². The maximum absolute atomic E-state index is 4.24. The first-order valence-corrected chi connectivity index (χ1v) is 3.35. The van der Waals surface area contributed by atoms with Crippen molar-refractivity contribution in [1.29, 1.82) is 0 Å². The van der Waals surface area contributed by atoms with Gasteiger partial charge in [-0.05, 0) is 6.92 Å². The van der Waals surface area contributed by atoms with E-state index >= 15 is 0 Å². The number of dihydropyridines is 1. The van der Waals surface area contributed by atoms with Gasteiger partial charge in [0.2, 0.25) is 0 Å². The van der Waals surface area contributed by atoms with Crippen molar-refractivity contribution in [3.63, 3.8) is 0 Å². The zero-order valence-electron chi connectivity index (χ0n) is 5.72. The average Bonchev–Trinajstić information content (AvgIpc) is 1.91. The van der Waals surface area contributed by atoms with E-state index in [1.807, 2.05) is 0 Å². The summed E-state index contributed by atoms with van der Waals surface area (Å²) in [5.41, 5.74) is 0. The first-order chi connectivity index (χ1) is 4.43. The van der Waals surface area contributed by atoms with Crippen molar-refractivity contribution >= 4 is 5.84 Å². The van der Waals surface area contributed by atoms with Gasteiger partial charge >= 0.3 is 0 Å². The average molecular weight is 124 g/mol. The molecule has 0 atom stereocenters. The highest BCUT2D eigenvalue weighted by Gasteiger charge is 1.95. The summed E-state index contributed by atoms with van der Waals surface area (Å²) in [6.45, 7) is 3.91. The maximum atomic E-state index is 4.24. The second kappa shape index (κ2) is 3.28. The number of nitrogens with one attached hydrogen (secondary N) is 1. The summed E-state index contributed by atoms with van der Waals surface area (Å²) < 4.78 is 0. The van der Waals surface area contributed by atoms with Gasteiger partial charge in [0.25, 0.3) is 0 Å². The zero-order valence-corrected chi connectivity index (χ0v) is 5.72. The highest BCUT2D eigenvalue weighted by atomic mass is 15.0. The third-order valence-corrected chi connectivity index (χ3v) is 1.25. The van der Waals surface area contributed by atoms with Crippen molar-refractivity contribution in [3.05, 3.63) is 12.2 Å². The Labute approximate surface area is 55.7 Å². The third-order valence-electron chi connectivity index (χ3n) is 1.25. The number of hydrogen-bond donors (Lipinski definition) is 1. The molecule has 9 heavy (non-hydrogen) atoms. The second-order valence-corrected chi connectivity index (χ2v) is 1.99. The topological polar surface area (TPSA) is 24.4 Å². The van der Waals surface area contributed by atoms with Crippen LogP contribution in [-0.4, -0.2) is 18.9 Å². The smallest absolute Gasteiger partial charge is 0.100 e. The molecule has 0 aliphatic carbocycles. The molecular formula is C7H12N2. The molecule has 2 nitrogen and oxygen atoms in total. The van der Waals surface area contributed by atoms with E-state index in [1.165, 1.54) is 0 Å². The molecule has 0 fully saturated rings. The first kappa shape index (κ1) is 6.33. The summed E-state index contributed by atoms with van der Waals surface area (Å²) in [7, 11) is 0. The fourth-order valence-corrected chi connectivity index (χ4v) is 0.829. The summed E-state index contributed by atoms with van der Waals surface area (Å²) in [5, 5.41) is 3.18. The Bertz CT molecular complexity index is 136. The first-order valence-electron chi connectivity index (χ1n) is 3.35. The summed E-state index contributed by atoms with van der Waals surface area (Å²) in [6.07, 6.45) is 5.21. The van der Waals surface area contributed by atoms with Crippen LogP contribution in [0.5, 0.6) is 0 Å². The van der Waals surface area contributed by atoms with Gasteiger partial charge in [-0.2, -0.15) is 0 Å². The molecule has 1 rings (SSSR count). The van der Waals surface area contributed by atoms with Gasteiger partial charge in [0.05, 0.1) is 6.54 Å². The molecule has 0 amide bonds. The van der Waals surface area contributed by atoms with E-state index in [4.69, 9.17) is 0 Å². The van der Waals surface area contributed by atoms with Crippen molar-refractivity contribution in [2.24, 2.45) is 4.99 Å². The number of hydrogen-bond acceptors (Lipinski definition) is 2. The van der Waals surface area contributed by atoms with Crippen molar-refractivity contribution in [1.82, 2.24) is 5.32 Å². The van der Waals surface area contributed by atoms with Crippen molar-refractivity contribution < 1.29 is 0 Å². The third kappa shape index (κ3) is 1.88. The van der Waals surface area contributed by atoms with Crippen LogP contribution < -0.4 is 5.32 Å². The molecular weight excluding hydrogens is 112 g/mol. The van der Waals surface area contributed by atoms with E-state index in [9.17, 15) is 0 Å². The Kier molecular flexibility index (Phi) is 2.31. The van der Waals surface area contributed by atoms with Crippen molar-refractivity contribution in [2.45, 2.75) is 13.3 Å². The number of aliphatic imine (C=N–C) groups is 1. The number of nitrogens with zero attached hydrogens (tertiary/aromatic N) is 1. The molecule has 0 bridgehead atoms. The minimum absolute atomic E-state index is 0.850. The van der Waals surface area contributed by atoms with E-state index in [2.05, 4.69) is 29.4 Å². The van der Waals surface area contributed by atoms with Crippen molar-refractivity contribution in [3.8, 4) is 0 Å². The predicted molar refractivity (Wildman–Crippen MR) is 39.7 cm³/mol. The lowest BCUT2D eigenvalue weighted by Gasteiger charge is -2.07. The van der Waals surface area contributed by atoms with Gasteiger partial charge in [-0.25, -0.2) is 0 Å². The second-order valence-electron chi connectivity index (χ2n) is 1.99. The standard InChI is InChI=1S/C7H12N2/c1-2-8-7-5-3-4-6-9-7/h3-4H,2,5-6H2,1H3,(H,8,9). The molecule has 0 spiro atoms. The minimum Gasteiger partial charge on any atom is -0.374 e. The SMILES string of the molecule is CCNC1=NCC=CC1. The van der Waals surface area contributed by atoms with Crippen LogP contribution in [-0.2, 0) is 0 Å². The van der Waals surface area contributed by atoms with Crippen LogP contribution in [0.3, 0.4) is 0 Å². The molecule has 1 aliphatic heterocycles. The molecule has 0 aromatic carbocycles. The van der Waals surface area contributed by atoms with Gasteiger partial charge in [0.15, 0.2) is 0 Å². The van der Waals surface area contributed by atoms with Crippen LogP contribution in [0.25, 0.3) is 0 Å². The summed E-state index contributed by atoms with van der Waals surface area (Å²) in [6, 6.07) is 0. The zero-order chi connectivity index (χ0) is 6.53. The largest absolute Gasteiger partial charge is 0.374 e. The Morgan fingerprint density at radius 2 is 2.56 bits per heavy atom. The highest BCUT2D eigenvalue weighted by molar-refractivity contribution is 5.84. The Balaban J connectivity index is 2.32. The van der Waals surface area contributed by atoms with Crippen LogP contribution in [0.4, 0.5) is 0 Å². The van der Waals surface area contributed by atoms with Gasteiger partial charge < -0.3 is 5.32 Å². The van der Waals surface area contributed by atoms with E-state index in [0.717, 1.165) is 25.3 Å². The molecule has 0 saturated carbocycles. The van der Waals surface area contributed by atoms with Crippen LogP contribution in [0.15, 0.2) is 17.1 Å². The molecule has 1 heterocycles. The molecule has 0 aromatic rings. The van der Waals surface area contributed by atoms with Crippen LogP contribution in [0.2, 0.25) is 0 Å². The molecule has 0 aromatic heterocycles. The molecule has 0 saturated heterocycles. The van der Waals surface area contributed by atoms with E-state index < -0.39 is 0 Å². The highest BCUT2D eigenvalue weighted by Crippen LogP contribution is 1.93. The molecule has 50 valence electrons. The van der Waals surface area contributed by atoms with Crippen LogP contribution in [0, 0.1) is 0 Å². The van der Waals surface area contributed by atoms with Crippen LogP contribution >= 0.6 is 0 Å². The fourth-order valence-electron chi connectivity index (χ4n) is 0.829. The maximum Gasteiger partial charge on any atom is 0.100 e. The summed E-state index contributed by atoms with van der Waals surface area (Å²) in [4.78, 5) is 4.24. The fraction of sp³-hybridized carbons (Fsp3) is 0.571. The minimum atomic E-state index is 0.850. The molecule has 0 unspecified atom stereocenters. The Morgan fingerprint density at radius 1 is 1.67 bits per heavy atom.